The van der Waals surface area contributed by atoms with Gasteiger partial charge in [-0.15, -0.1) is 0 Å². The Kier molecular flexibility index (Phi) is 6.70. The van der Waals surface area contributed by atoms with E-state index in [1.54, 1.807) is 5.06 Å². The highest BCUT2D eigenvalue weighted by atomic mass is 16.5. The van der Waals surface area contributed by atoms with Crippen molar-refractivity contribution in [2.75, 3.05) is 13.1 Å². The first-order valence-corrected chi connectivity index (χ1v) is 8.87. The Labute approximate surface area is 132 Å². The third-order valence-electron chi connectivity index (χ3n) is 5.18. The minimum atomic E-state index is -0.146. The SMILES string of the molecule is CCCCN(CC(C)CC)C1CC(C)(C)N(O)C(C)(C)C1. The van der Waals surface area contributed by atoms with E-state index in [1.807, 2.05) is 0 Å². The number of hydrogen-bond acceptors (Lipinski definition) is 3. The van der Waals surface area contributed by atoms with Crippen LogP contribution in [0.1, 0.15) is 80.6 Å². The lowest BCUT2D eigenvalue weighted by Crippen LogP contribution is -2.63. The van der Waals surface area contributed by atoms with Crippen LogP contribution in [0, 0.1) is 5.92 Å². The Hall–Kier alpha value is -0.120. The van der Waals surface area contributed by atoms with E-state index < -0.39 is 0 Å². The zero-order valence-electron chi connectivity index (χ0n) is 15.4. The Bertz CT molecular complexity index is 296. The average molecular weight is 299 g/mol. The van der Waals surface area contributed by atoms with E-state index in [2.05, 4.69) is 53.4 Å². The number of piperidine rings is 1. The number of hydroxylamine groups is 2. The second-order valence-corrected chi connectivity index (χ2v) is 8.36. The van der Waals surface area contributed by atoms with E-state index in [0.717, 1.165) is 18.8 Å². The maximum Gasteiger partial charge on any atom is 0.0425 e. The molecule has 1 aliphatic rings. The van der Waals surface area contributed by atoms with Gasteiger partial charge in [0.1, 0.15) is 0 Å². The molecular formula is C18H38N2O. The quantitative estimate of drug-likeness (QED) is 0.747. The van der Waals surface area contributed by atoms with Gasteiger partial charge >= 0.3 is 0 Å². The van der Waals surface area contributed by atoms with Crippen LogP contribution in [0.5, 0.6) is 0 Å². The first-order chi connectivity index (χ1) is 9.64. The Balaban J connectivity index is 2.85. The molecule has 0 aromatic rings. The third-order valence-corrected chi connectivity index (χ3v) is 5.18. The minimum Gasteiger partial charge on any atom is -0.313 e. The average Bonchev–Trinajstić information content (AvgIpc) is 2.39. The molecule has 0 radical (unpaired) electrons. The first-order valence-electron chi connectivity index (χ1n) is 8.87. The van der Waals surface area contributed by atoms with Crippen LogP contribution in [0.4, 0.5) is 0 Å². The molecule has 1 saturated heterocycles. The summed E-state index contributed by atoms with van der Waals surface area (Å²) in [6, 6.07) is 0.582. The topological polar surface area (TPSA) is 26.7 Å². The molecule has 3 heteroatoms. The molecular weight excluding hydrogens is 260 g/mol. The van der Waals surface area contributed by atoms with E-state index in [1.165, 1.54) is 32.4 Å². The molecule has 0 bridgehead atoms. The van der Waals surface area contributed by atoms with E-state index in [0.29, 0.717) is 6.04 Å². The molecule has 1 N–H and O–H groups in total. The van der Waals surface area contributed by atoms with Crippen LogP contribution in [0.2, 0.25) is 0 Å². The second-order valence-electron chi connectivity index (χ2n) is 8.36. The van der Waals surface area contributed by atoms with Crippen LogP contribution in [-0.2, 0) is 0 Å². The van der Waals surface area contributed by atoms with E-state index in [9.17, 15) is 5.21 Å². The molecule has 3 nitrogen and oxygen atoms in total. The first kappa shape index (κ1) is 18.9. The molecule has 0 spiro atoms. The predicted octanol–water partition coefficient (Wildman–Crippen LogP) is 4.55. The molecule has 0 aliphatic carbocycles. The summed E-state index contributed by atoms with van der Waals surface area (Å²) in [6.07, 6.45) is 5.87. The van der Waals surface area contributed by atoms with Crippen LogP contribution >= 0.6 is 0 Å². The zero-order chi connectivity index (χ0) is 16.3. The van der Waals surface area contributed by atoms with Gasteiger partial charge in [0.25, 0.3) is 0 Å². The van der Waals surface area contributed by atoms with Gasteiger partial charge in [0.2, 0.25) is 0 Å². The van der Waals surface area contributed by atoms with Gasteiger partial charge in [0, 0.05) is 23.7 Å². The molecule has 0 saturated carbocycles. The van der Waals surface area contributed by atoms with E-state index in [4.69, 9.17) is 0 Å². The molecule has 1 unspecified atom stereocenters. The van der Waals surface area contributed by atoms with Gasteiger partial charge < -0.3 is 5.21 Å². The normalized spacial score (nSPS) is 24.4. The van der Waals surface area contributed by atoms with Gasteiger partial charge in [-0.25, -0.2) is 0 Å². The van der Waals surface area contributed by atoms with Crippen LogP contribution in [0.15, 0.2) is 0 Å². The molecule has 1 rings (SSSR count). The molecule has 1 fully saturated rings. The largest absolute Gasteiger partial charge is 0.313 e. The number of nitrogens with zero attached hydrogens (tertiary/aromatic N) is 2. The highest BCUT2D eigenvalue weighted by Gasteiger charge is 2.46. The molecule has 0 amide bonds. The molecule has 1 heterocycles. The summed E-state index contributed by atoms with van der Waals surface area (Å²) in [7, 11) is 0. The molecule has 0 aromatic carbocycles. The molecule has 126 valence electrons. The van der Waals surface area contributed by atoms with Gasteiger partial charge in [0.05, 0.1) is 0 Å². The van der Waals surface area contributed by atoms with Crippen LogP contribution in [-0.4, -0.2) is 45.4 Å². The fourth-order valence-electron chi connectivity index (χ4n) is 3.79. The molecule has 0 aromatic heterocycles. The maximum atomic E-state index is 10.5. The zero-order valence-corrected chi connectivity index (χ0v) is 15.4. The van der Waals surface area contributed by atoms with Crippen LogP contribution in [0.3, 0.4) is 0 Å². The molecule has 1 atom stereocenters. The highest BCUT2D eigenvalue weighted by Crippen LogP contribution is 2.39. The summed E-state index contributed by atoms with van der Waals surface area (Å²) in [4.78, 5) is 2.70. The van der Waals surface area contributed by atoms with Crippen molar-refractivity contribution in [3.05, 3.63) is 0 Å². The Morgan fingerprint density at radius 2 is 1.67 bits per heavy atom. The van der Waals surface area contributed by atoms with Gasteiger partial charge in [-0.3, -0.25) is 4.90 Å². The fraction of sp³-hybridized carbons (Fsp3) is 1.00. The lowest BCUT2D eigenvalue weighted by atomic mass is 9.78. The van der Waals surface area contributed by atoms with E-state index in [-0.39, 0.29) is 11.1 Å². The summed E-state index contributed by atoms with van der Waals surface area (Å²) in [5.74, 6) is 0.750. The number of unbranched alkanes of at least 4 members (excludes halogenated alkanes) is 1. The van der Waals surface area contributed by atoms with Crippen LogP contribution < -0.4 is 0 Å². The summed E-state index contributed by atoms with van der Waals surface area (Å²) in [5.41, 5.74) is -0.293. The van der Waals surface area contributed by atoms with Crippen molar-refractivity contribution in [1.29, 1.82) is 0 Å². The monoisotopic (exact) mass is 298 g/mol. The van der Waals surface area contributed by atoms with Crippen molar-refractivity contribution in [2.45, 2.75) is 97.7 Å². The summed E-state index contributed by atoms with van der Waals surface area (Å²) < 4.78 is 0. The third kappa shape index (κ3) is 4.94. The smallest absolute Gasteiger partial charge is 0.0425 e. The maximum absolute atomic E-state index is 10.5. The van der Waals surface area contributed by atoms with E-state index >= 15 is 0 Å². The summed E-state index contributed by atoms with van der Waals surface area (Å²) >= 11 is 0. The van der Waals surface area contributed by atoms with Crippen molar-refractivity contribution in [3.63, 3.8) is 0 Å². The predicted molar refractivity (Wildman–Crippen MR) is 90.7 cm³/mol. The van der Waals surface area contributed by atoms with Crippen molar-refractivity contribution in [1.82, 2.24) is 9.96 Å². The summed E-state index contributed by atoms with van der Waals surface area (Å²) in [5, 5.41) is 12.1. The van der Waals surface area contributed by atoms with Gasteiger partial charge in [0.15, 0.2) is 0 Å². The number of hydrogen-bond donors (Lipinski definition) is 1. The molecule has 1 aliphatic heterocycles. The summed E-state index contributed by atoms with van der Waals surface area (Å²) in [6.45, 7) is 18.0. The lowest BCUT2D eigenvalue weighted by Gasteiger charge is -2.54. The Morgan fingerprint density at radius 1 is 1.14 bits per heavy atom. The van der Waals surface area contributed by atoms with Crippen molar-refractivity contribution < 1.29 is 5.21 Å². The van der Waals surface area contributed by atoms with Crippen molar-refractivity contribution in [2.24, 2.45) is 5.92 Å². The fourth-order valence-corrected chi connectivity index (χ4v) is 3.79. The van der Waals surface area contributed by atoms with Gasteiger partial charge in [-0.05, 0) is 59.4 Å². The number of rotatable bonds is 7. The minimum absolute atomic E-state index is 0.146. The lowest BCUT2D eigenvalue weighted by molar-refractivity contribution is -0.252. The Morgan fingerprint density at radius 3 is 2.10 bits per heavy atom. The van der Waals surface area contributed by atoms with Crippen molar-refractivity contribution >= 4 is 0 Å². The van der Waals surface area contributed by atoms with Gasteiger partial charge in [-0.2, -0.15) is 5.06 Å². The second kappa shape index (κ2) is 7.43. The highest BCUT2D eigenvalue weighted by molar-refractivity contribution is 4.99. The molecule has 21 heavy (non-hydrogen) atoms. The van der Waals surface area contributed by atoms with Crippen LogP contribution in [0.25, 0.3) is 0 Å². The standard InChI is InChI=1S/C18H38N2O/c1-8-10-11-19(14-15(3)9-2)16-12-17(4,5)20(21)18(6,7)13-16/h15-16,21H,8-14H2,1-7H3. The van der Waals surface area contributed by atoms with Gasteiger partial charge in [-0.1, -0.05) is 33.6 Å². The van der Waals surface area contributed by atoms with Crippen molar-refractivity contribution in [3.8, 4) is 0 Å².